The molecule has 0 radical (unpaired) electrons. The number of ether oxygens (including phenoxy) is 1. The van der Waals surface area contributed by atoms with Gasteiger partial charge in [0.05, 0.1) is 19.3 Å². The van der Waals surface area contributed by atoms with Crippen LogP contribution in [0, 0.1) is 5.92 Å². The van der Waals surface area contributed by atoms with Crippen molar-refractivity contribution in [2.75, 3.05) is 39.8 Å². The number of hydrogen-bond acceptors (Lipinski definition) is 5. The van der Waals surface area contributed by atoms with E-state index < -0.39 is 0 Å². The SMILES string of the molecule is CC(C)C1CN=C(NCC2CN(C)CCO2)S1. The van der Waals surface area contributed by atoms with Crippen LogP contribution in [0.5, 0.6) is 0 Å². The summed E-state index contributed by atoms with van der Waals surface area (Å²) in [6, 6.07) is 0. The van der Waals surface area contributed by atoms with Crippen LogP contribution in [0.3, 0.4) is 0 Å². The quantitative estimate of drug-likeness (QED) is 0.819. The normalized spacial score (nSPS) is 30.7. The smallest absolute Gasteiger partial charge is 0.157 e. The van der Waals surface area contributed by atoms with Crippen LogP contribution in [-0.2, 0) is 4.74 Å². The standard InChI is InChI=1S/C12H23N3OS/c1-9(2)11-7-14-12(17-11)13-6-10-8-15(3)4-5-16-10/h9-11H,4-8H2,1-3H3,(H,13,14). The van der Waals surface area contributed by atoms with E-state index in [0.717, 1.165) is 38.0 Å². The summed E-state index contributed by atoms with van der Waals surface area (Å²) in [6.45, 7) is 9.25. The number of rotatable bonds is 3. The van der Waals surface area contributed by atoms with Crippen LogP contribution in [0.1, 0.15) is 13.8 Å². The van der Waals surface area contributed by atoms with Crippen LogP contribution < -0.4 is 5.32 Å². The molecule has 0 aromatic heterocycles. The molecule has 2 atom stereocenters. The van der Waals surface area contributed by atoms with Crippen molar-refractivity contribution in [3.8, 4) is 0 Å². The molecule has 5 heteroatoms. The molecule has 4 nitrogen and oxygen atoms in total. The van der Waals surface area contributed by atoms with Gasteiger partial charge in [0.25, 0.3) is 0 Å². The molecule has 0 aromatic rings. The van der Waals surface area contributed by atoms with E-state index in [-0.39, 0.29) is 0 Å². The predicted octanol–water partition coefficient (Wildman–Crippen LogP) is 1.03. The largest absolute Gasteiger partial charge is 0.374 e. The summed E-state index contributed by atoms with van der Waals surface area (Å²) in [5.74, 6) is 0.695. The number of likely N-dealkylation sites (N-methyl/N-ethyl adjacent to an activating group) is 1. The Bertz CT molecular complexity index is 283. The molecule has 1 N–H and O–H groups in total. The monoisotopic (exact) mass is 257 g/mol. The summed E-state index contributed by atoms with van der Waals surface area (Å²) < 4.78 is 5.71. The molecule has 1 fully saturated rings. The van der Waals surface area contributed by atoms with Gasteiger partial charge in [-0.3, -0.25) is 4.99 Å². The first-order valence-electron chi connectivity index (χ1n) is 6.40. The summed E-state index contributed by atoms with van der Waals surface area (Å²) in [6.07, 6.45) is 0.301. The van der Waals surface area contributed by atoms with E-state index >= 15 is 0 Å². The fourth-order valence-electron chi connectivity index (χ4n) is 2.03. The van der Waals surface area contributed by atoms with Gasteiger partial charge in [-0.1, -0.05) is 25.6 Å². The Balaban J connectivity index is 1.69. The fraction of sp³-hybridized carbons (Fsp3) is 0.917. The highest BCUT2D eigenvalue weighted by molar-refractivity contribution is 8.14. The maximum Gasteiger partial charge on any atom is 0.157 e. The number of hydrogen-bond donors (Lipinski definition) is 1. The lowest BCUT2D eigenvalue weighted by Gasteiger charge is -2.30. The average Bonchev–Trinajstić information content (AvgIpc) is 2.75. The molecular formula is C12H23N3OS. The molecule has 0 spiro atoms. The predicted molar refractivity (Wildman–Crippen MR) is 73.8 cm³/mol. The third-order valence-corrected chi connectivity index (χ3v) is 4.74. The van der Waals surface area contributed by atoms with Crippen LogP contribution in [0.25, 0.3) is 0 Å². The van der Waals surface area contributed by atoms with Crippen LogP contribution in [0.4, 0.5) is 0 Å². The topological polar surface area (TPSA) is 36.9 Å². The third kappa shape index (κ3) is 3.86. The van der Waals surface area contributed by atoms with Gasteiger partial charge in [-0.05, 0) is 13.0 Å². The number of nitrogens with one attached hydrogen (secondary N) is 1. The second kappa shape index (κ2) is 6.07. The molecule has 0 saturated carbocycles. The van der Waals surface area contributed by atoms with Crippen molar-refractivity contribution in [3.63, 3.8) is 0 Å². The van der Waals surface area contributed by atoms with Gasteiger partial charge in [0.2, 0.25) is 0 Å². The molecule has 98 valence electrons. The molecule has 0 bridgehead atoms. The minimum Gasteiger partial charge on any atom is -0.374 e. The molecule has 17 heavy (non-hydrogen) atoms. The molecule has 2 aliphatic rings. The van der Waals surface area contributed by atoms with Gasteiger partial charge >= 0.3 is 0 Å². The van der Waals surface area contributed by atoms with Crippen molar-refractivity contribution >= 4 is 16.9 Å². The lowest BCUT2D eigenvalue weighted by atomic mass is 10.1. The zero-order chi connectivity index (χ0) is 12.3. The molecule has 0 amide bonds. The molecule has 2 rings (SSSR count). The summed E-state index contributed by atoms with van der Waals surface area (Å²) in [4.78, 5) is 6.86. The van der Waals surface area contributed by atoms with Crippen molar-refractivity contribution in [2.45, 2.75) is 25.2 Å². The van der Waals surface area contributed by atoms with Crippen LogP contribution >= 0.6 is 11.8 Å². The summed E-state index contributed by atoms with van der Waals surface area (Å²) in [5.41, 5.74) is 0. The van der Waals surface area contributed by atoms with Gasteiger partial charge in [0, 0.05) is 24.9 Å². The molecule has 0 aliphatic carbocycles. The van der Waals surface area contributed by atoms with E-state index in [0.29, 0.717) is 17.3 Å². The van der Waals surface area contributed by atoms with Gasteiger partial charge in [-0.2, -0.15) is 0 Å². The van der Waals surface area contributed by atoms with Gasteiger partial charge in [-0.15, -0.1) is 0 Å². The number of aliphatic imine (C=N–C) groups is 1. The maximum absolute atomic E-state index is 5.71. The van der Waals surface area contributed by atoms with Crippen molar-refractivity contribution in [3.05, 3.63) is 0 Å². The van der Waals surface area contributed by atoms with Crippen LogP contribution in [0.15, 0.2) is 4.99 Å². The average molecular weight is 257 g/mol. The summed E-state index contributed by atoms with van der Waals surface area (Å²) in [7, 11) is 2.14. The van der Waals surface area contributed by atoms with Crippen molar-refractivity contribution in [1.82, 2.24) is 10.2 Å². The lowest BCUT2D eigenvalue weighted by Crippen LogP contribution is -2.45. The van der Waals surface area contributed by atoms with E-state index in [2.05, 4.69) is 36.1 Å². The highest BCUT2D eigenvalue weighted by atomic mass is 32.2. The second-order valence-electron chi connectivity index (χ2n) is 5.18. The van der Waals surface area contributed by atoms with Gasteiger partial charge in [-0.25, -0.2) is 0 Å². The minimum absolute atomic E-state index is 0.301. The fourth-order valence-corrected chi connectivity index (χ4v) is 3.05. The number of thioether (sulfide) groups is 1. The first-order valence-corrected chi connectivity index (χ1v) is 7.28. The zero-order valence-corrected chi connectivity index (χ0v) is 11.8. The Morgan fingerprint density at radius 2 is 2.41 bits per heavy atom. The molecule has 2 aliphatic heterocycles. The number of nitrogens with zero attached hydrogens (tertiary/aromatic N) is 2. The van der Waals surface area contributed by atoms with Gasteiger partial charge < -0.3 is 15.0 Å². The van der Waals surface area contributed by atoms with E-state index in [4.69, 9.17) is 4.74 Å². The highest BCUT2D eigenvalue weighted by Crippen LogP contribution is 2.25. The molecule has 0 aromatic carbocycles. The molecule has 1 saturated heterocycles. The van der Waals surface area contributed by atoms with Crippen molar-refractivity contribution in [2.24, 2.45) is 10.9 Å². The van der Waals surface area contributed by atoms with Crippen LogP contribution in [-0.4, -0.2) is 61.3 Å². The molecular weight excluding hydrogens is 234 g/mol. The Hall–Kier alpha value is -0.260. The third-order valence-electron chi connectivity index (χ3n) is 3.24. The maximum atomic E-state index is 5.71. The molecule has 2 heterocycles. The Morgan fingerprint density at radius 1 is 1.59 bits per heavy atom. The lowest BCUT2D eigenvalue weighted by molar-refractivity contribution is -0.0159. The Labute approximate surface area is 108 Å². The summed E-state index contributed by atoms with van der Waals surface area (Å²) >= 11 is 1.88. The molecule has 2 unspecified atom stereocenters. The van der Waals surface area contributed by atoms with Crippen molar-refractivity contribution < 1.29 is 4.74 Å². The first kappa shape index (κ1) is 13.2. The van der Waals surface area contributed by atoms with Crippen LogP contribution in [0.2, 0.25) is 0 Å². The van der Waals surface area contributed by atoms with Gasteiger partial charge in [0.15, 0.2) is 5.17 Å². The van der Waals surface area contributed by atoms with Gasteiger partial charge in [0.1, 0.15) is 0 Å². The van der Waals surface area contributed by atoms with E-state index in [1.165, 1.54) is 0 Å². The minimum atomic E-state index is 0.301. The highest BCUT2D eigenvalue weighted by Gasteiger charge is 2.24. The second-order valence-corrected chi connectivity index (χ2v) is 6.41. The van der Waals surface area contributed by atoms with Crippen molar-refractivity contribution in [1.29, 1.82) is 0 Å². The summed E-state index contributed by atoms with van der Waals surface area (Å²) in [5, 5.41) is 5.16. The van der Waals surface area contributed by atoms with E-state index in [1.54, 1.807) is 0 Å². The Kier molecular flexibility index (Phi) is 4.70. The van der Waals surface area contributed by atoms with E-state index in [1.807, 2.05) is 11.8 Å². The number of morpholine rings is 1. The number of amidine groups is 1. The zero-order valence-electron chi connectivity index (χ0n) is 11.0. The van der Waals surface area contributed by atoms with E-state index in [9.17, 15) is 0 Å². The Morgan fingerprint density at radius 3 is 3.06 bits per heavy atom. The first-order chi connectivity index (χ1) is 8.15.